The Bertz CT molecular complexity index is 817. The summed E-state index contributed by atoms with van der Waals surface area (Å²) < 4.78 is 28.0. The first-order valence-corrected chi connectivity index (χ1v) is 6.75. The molecule has 0 saturated heterocycles. The van der Waals surface area contributed by atoms with Crippen molar-refractivity contribution in [3.8, 4) is 0 Å². The molecule has 0 radical (unpaired) electrons. The van der Waals surface area contributed by atoms with Crippen LogP contribution in [-0.2, 0) is 20.0 Å². The minimum Gasteiger partial charge on any atom is -0.332 e. The lowest BCUT2D eigenvalue weighted by atomic mass is 10.0. The largest absolute Gasteiger partial charge is 0.332 e. The van der Waals surface area contributed by atoms with E-state index in [1.807, 2.05) is 0 Å². The quantitative estimate of drug-likeness (QED) is 0.797. The second-order valence-electron chi connectivity index (χ2n) is 5.19. The first-order chi connectivity index (χ1) is 10.5. The molecule has 1 aliphatic heterocycles. The van der Waals surface area contributed by atoms with Gasteiger partial charge >= 0.3 is 0 Å². The minimum absolute atomic E-state index is 0.134. The van der Waals surface area contributed by atoms with Crippen LogP contribution in [0.5, 0.6) is 0 Å². The number of amides is 1. The molecule has 0 atom stereocenters. The van der Waals surface area contributed by atoms with Crippen LogP contribution >= 0.6 is 0 Å². The molecule has 2 aromatic rings. The van der Waals surface area contributed by atoms with Crippen molar-refractivity contribution in [2.75, 3.05) is 6.54 Å². The Hall–Kier alpha value is -2.57. The van der Waals surface area contributed by atoms with Gasteiger partial charge in [-0.1, -0.05) is 0 Å². The maximum Gasteiger partial charge on any atom is 0.257 e. The molecule has 114 valence electrons. The molecule has 3 rings (SSSR count). The van der Waals surface area contributed by atoms with Crippen molar-refractivity contribution >= 4 is 5.91 Å². The van der Waals surface area contributed by atoms with Gasteiger partial charge in [-0.3, -0.25) is 9.59 Å². The predicted octanol–water partition coefficient (Wildman–Crippen LogP) is 1.26. The maximum absolute atomic E-state index is 13.7. The molecule has 0 aliphatic carbocycles. The number of aryl methyl sites for hydroxylation is 1. The highest BCUT2D eigenvalue weighted by atomic mass is 19.1. The number of aromatic nitrogens is 2. The fraction of sp³-hybridized carbons (Fsp3) is 0.267. The predicted molar refractivity (Wildman–Crippen MR) is 74.3 cm³/mol. The van der Waals surface area contributed by atoms with Crippen LogP contribution in [0.4, 0.5) is 8.78 Å². The number of halogens is 2. The molecule has 0 N–H and O–H groups in total. The summed E-state index contributed by atoms with van der Waals surface area (Å²) in [5, 5.41) is 0. The van der Waals surface area contributed by atoms with Crippen LogP contribution in [0.25, 0.3) is 0 Å². The first kappa shape index (κ1) is 14.4. The van der Waals surface area contributed by atoms with Gasteiger partial charge in [-0.2, -0.15) is 0 Å². The van der Waals surface area contributed by atoms with Gasteiger partial charge in [0.1, 0.15) is 11.6 Å². The molecule has 0 bridgehead atoms. The third-order valence-electron chi connectivity index (χ3n) is 3.73. The van der Waals surface area contributed by atoms with Crippen molar-refractivity contribution in [3.63, 3.8) is 0 Å². The number of hydrogen-bond donors (Lipinski definition) is 0. The summed E-state index contributed by atoms with van der Waals surface area (Å²) in [6.07, 6.45) is 1.76. The number of carbonyl (C=O) groups excluding carboxylic acids is 1. The molecule has 0 fully saturated rings. The van der Waals surface area contributed by atoms with Crippen LogP contribution in [0.1, 0.15) is 21.6 Å². The molecule has 7 heteroatoms. The van der Waals surface area contributed by atoms with E-state index in [1.54, 1.807) is 7.05 Å². The van der Waals surface area contributed by atoms with E-state index in [0.29, 0.717) is 30.3 Å². The summed E-state index contributed by atoms with van der Waals surface area (Å²) in [7, 11) is 1.61. The van der Waals surface area contributed by atoms with Crippen molar-refractivity contribution in [3.05, 3.63) is 63.3 Å². The smallest absolute Gasteiger partial charge is 0.257 e. The molecule has 0 spiro atoms. The van der Waals surface area contributed by atoms with Gasteiger partial charge in [0.15, 0.2) is 0 Å². The third-order valence-corrected chi connectivity index (χ3v) is 3.73. The summed E-state index contributed by atoms with van der Waals surface area (Å²) in [6, 6.07) is 2.85. The molecule has 1 aromatic heterocycles. The fourth-order valence-corrected chi connectivity index (χ4v) is 2.52. The standard InChI is InChI=1S/C15H13F2N3O2/c1-19-8-18-13-7-20(5-4-11(13)14(19)21)15(22)10-3-2-9(16)6-12(10)17/h2-3,6,8H,4-5,7H2,1H3. The summed E-state index contributed by atoms with van der Waals surface area (Å²) >= 11 is 0. The fourth-order valence-electron chi connectivity index (χ4n) is 2.52. The summed E-state index contributed by atoms with van der Waals surface area (Å²) in [5.74, 6) is -2.17. The lowest BCUT2D eigenvalue weighted by Gasteiger charge is -2.28. The van der Waals surface area contributed by atoms with E-state index in [0.717, 1.165) is 12.1 Å². The average Bonchev–Trinajstić information content (AvgIpc) is 2.50. The normalized spacial score (nSPS) is 13.9. The van der Waals surface area contributed by atoms with E-state index in [4.69, 9.17) is 0 Å². The zero-order valence-electron chi connectivity index (χ0n) is 11.8. The van der Waals surface area contributed by atoms with Crippen LogP contribution in [0.2, 0.25) is 0 Å². The summed E-state index contributed by atoms with van der Waals surface area (Å²) in [5.41, 5.74) is 0.776. The van der Waals surface area contributed by atoms with Crippen LogP contribution in [-0.4, -0.2) is 26.9 Å². The zero-order chi connectivity index (χ0) is 15.9. The van der Waals surface area contributed by atoms with Gasteiger partial charge in [-0.25, -0.2) is 13.8 Å². The molecule has 1 aliphatic rings. The number of benzene rings is 1. The second-order valence-corrected chi connectivity index (χ2v) is 5.19. The molecule has 1 aromatic carbocycles. The van der Waals surface area contributed by atoms with E-state index < -0.39 is 17.5 Å². The second kappa shape index (κ2) is 5.32. The number of rotatable bonds is 1. The maximum atomic E-state index is 13.7. The Morgan fingerprint density at radius 3 is 2.82 bits per heavy atom. The number of nitrogens with zero attached hydrogens (tertiary/aromatic N) is 3. The highest BCUT2D eigenvalue weighted by Crippen LogP contribution is 2.18. The lowest BCUT2D eigenvalue weighted by Crippen LogP contribution is -2.40. The highest BCUT2D eigenvalue weighted by Gasteiger charge is 2.26. The molecule has 0 saturated carbocycles. The van der Waals surface area contributed by atoms with Gasteiger partial charge in [0, 0.05) is 25.2 Å². The highest BCUT2D eigenvalue weighted by molar-refractivity contribution is 5.94. The molecular weight excluding hydrogens is 292 g/mol. The zero-order valence-corrected chi connectivity index (χ0v) is 11.8. The SMILES string of the molecule is Cn1cnc2c(c1=O)CCN(C(=O)c1ccc(F)cc1F)C2. The Morgan fingerprint density at radius 1 is 1.32 bits per heavy atom. The Balaban J connectivity index is 1.90. The van der Waals surface area contributed by atoms with Crippen molar-refractivity contribution in [1.29, 1.82) is 0 Å². The van der Waals surface area contributed by atoms with E-state index in [2.05, 4.69) is 4.98 Å². The van der Waals surface area contributed by atoms with Gasteiger partial charge in [-0.05, 0) is 18.6 Å². The molecular formula is C15H13F2N3O2. The molecule has 2 heterocycles. The van der Waals surface area contributed by atoms with Crippen molar-refractivity contribution in [1.82, 2.24) is 14.5 Å². The van der Waals surface area contributed by atoms with Crippen LogP contribution in [0, 0.1) is 11.6 Å². The lowest BCUT2D eigenvalue weighted by molar-refractivity contribution is 0.0726. The first-order valence-electron chi connectivity index (χ1n) is 6.75. The van der Waals surface area contributed by atoms with Crippen LogP contribution < -0.4 is 5.56 Å². The van der Waals surface area contributed by atoms with E-state index in [1.165, 1.54) is 15.8 Å². The van der Waals surface area contributed by atoms with Gasteiger partial charge in [0.05, 0.1) is 24.1 Å². The summed E-state index contributed by atoms with van der Waals surface area (Å²) in [6.45, 7) is 0.435. The van der Waals surface area contributed by atoms with E-state index in [-0.39, 0.29) is 17.7 Å². The third kappa shape index (κ3) is 2.38. The molecule has 1 amide bonds. The number of carbonyl (C=O) groups is 1. The van der Waals surface area contributed by atoms with Gasteiger partial charge in [-0.15, -0.1) is 0 Å². The minimum atomic E-state index is -0.896. The summed E-state index contributed by atoms with van der Waals surface area (Å²) in [4.78, 5) is 29.9. The average molecular weight is 305 g/mol. The Labute approximate surface area is 124 Å². The van der Waals surface area contributed by atoms with Crippen LogP contribution in [0.15, 0.2) is 29.3 Å². The van der Waals surface area contributed by atoms with E-state index in [9.17, 15) is 18.4 Å². The number of hydrogen-bond acceptors (Lipinski definition) is 3. The molecule has 0 unspecified atom stereocenters. The Kier molecular flexibility index (Phi) is 3.48. The van der Waals surface area contributed by atoms with E-state index >= 15 is 0 Å². The van der Waals surface area contributed by atoms with Gasteiger partial charge in [0.25, 0.3) is 11.5 Å². The molecule has 22 heavy (non-hydrogen) atoms. The van der Waals surface area contributed by atoms with Crippen molar-refractivity contribution in [2.45, 2.75) is 13.0 Å². The van der Waals surface area contributed by atoms with Crippen molar-refractivity contribution in [2.24, 2.45) is 7.05 Å². The van der Waals surface area contributed by atoms with Gasteiger partial charge < -0.3 is 9.47 Å². The topological polar surface area (TPSA) is 55.2 Å². The van der Waals surface area contributed by atoms with Crippen molar-refractivity contribution < 1.29 is 13.6 Å². The molecule has 5 nitrogen and oxygen atoms in total. The van der Waals surface area contributed by atoms with Gasteiger partial charge in [0.2, 0.25) is 0 Å². The number of fused-ring (bicyclic) bond motifs is 1. The van der Waals surface area contributed by atoms with Crippen LogP contribution in [0.3, 0.4) is 0 Å². The monoisotopic (exact) mass is 305 g/mol. The Morgan fingerprint density at radius 2 is 2.09 bits per heavy atom.